The van der Waals surface area contributed by atoms with Gasteiger partial charge in [0.15, 0.2) is 0 Å². The van der Waals surface area contributed by atoms with Crippen molar-refractivity contribution in [3.05, 3.63) is 100 Å². The molecule has 0 spiro atoms. The number of amidine groups is 1. The van der Waals surface area contributed by atoms with Crippen molar-refractivity contribution in [2.45, 2.75) is 20.5 Å². The van der Waals surface area contributed by atoms with Crippen molar-refractivity contribution in [2.24, 2.45) is 10.3 Å². The van der Waals surface area contributed by atoms with Crippen LogP contribution < -0.4 is 51.4 Å². The molecule has 0 saturated carbocycles. The molecule has 0 saturated heterocycles. The van der Waals surface area contributed by atoms with E-state index in [1.54, 1.807) is 7.05 Å². The maximum Gasteiger partial charge on any atom is 1.00 e. The van der Waals surface area contributed by atoms with E-state index in [4.69, 9.17) is 9.68 Å². The molecule has 3 aromatic rings. The summed E-state index contributed by atoms with van der Waals surface area (Å²) in [6.45, 7) is 4.29. The van der Waals surface area contributed by atoms with Crippen LogP contribution in [0.4, 0.5) is 0 Å². The Hall–Kier alpha value is -1.96. The van der Waals surface area contributed by atoms with E-state index < -0.39 is 0 Å². The van der Waals surface area contributed by atoms with Gasteiger partial charge in [-0.3, -0.25) is 5.16 Å². The van der Waals surface area contributed by atoms with Gasteiger partial charge in [-0.05, 0) is 47.5 Å². The monoisotopic (exact) mass is 439 g/mol. The second kappa shape index (κ2) is 12.8. The Morgan fingerprint density at radius 1 is 0.871 bits per heavy atom. The Balaban J connectivity index is 0.00000341. The molecule has 0 aliphatic rings. The fourth-order valence-corrected chi connectivity index (χ4v) is 3.18. The van der Waals surface area contributed by atoms with Crippen LogP contribution in [0, 0.1) is 6.92 Å². The van der Waals surface area contributed by atoms with Crippen LogP contribution in [0.15, 0.2) is 83.1 Å². The third-order valence-electron chi connectivity index (χ3n) is 4.86. The Kier molecular flexibility index (Phi) is 10.4. The molecule has 0 unspecified atom stereocenters. The minimum atomic E-state index is 0. The Morgan fingerprint density at radius 2 is 1.55 bits per heavy atom. The Bertz CT molecular complexity index is 1030. The van der Waals surface area contributed by atoms with E-state index in [0.29, 0.717) is 12.4 Å². The van der Waals surface area contributed by atoms with Gasteiger partial charge >= 0.3 is 51.4 Å². The maximum absolute atomic E-state index is 5.70. The largest absolute Gasteiger partial charge is 1.00 e. The standard InChI is InChI=1S/C25H26N3O2.K/c1-18-9-8-12-23(25(26-3)28-29-4)24(18)17-30-27-19(2)20-13-15-22(16-14-20)21-10-6-5-7-11-21;/h5-16H,17H2,1-4H3;/q-1;+1/b27-19+;. The van der Waals surface area contributed by atoms with Crippen molar-refractivity contribution in [3.63, 3.8) is 0 Å². The van der Waals surface area contributed by atoms with E-state index >= 15 is 0 Å². The van der Waals surface area contributed by atoms with Gasteiger partial charge in [0.05, 0.1) is 12.8 Å². The molecule has 0 aliphatic heterocycles. The van der Waals surface area contributed by atoms with Gasteiger partial charge in [0.1, 0.15) is 6.61 Å². The molecule has 0 atom stereocenters. The fraction of sp³-hybridized carbons (Fsp3) is 0.200. The molecule has 154 valence electrons. The van der Waals surface area contributed by atoms with Gasteiger partial charge in [0, 0.05) is 5.56 Å². The van der Waals surface area contributed by atoms with E-state index in [-0.39, 0.29) is 51.4 Å². The molecule has 3 aromatic carbocycles. The first-order valence-corrected chi connectivity index (χ1v) is 9.76. The smallest absolute Gasteiger partial charge is 0.497 e. The number of oxime groups is 2. The van der Waals surface area contributed by atoms with Crippen molar-refractivity contribution >= 4 is 11.5 Å². The summed E-state index contributed by atoms with van der Waals surface area (Å²) in [6.07, 6.45) is 0. The predicted octanol–water partition coefficient (Wildman–Crippen LogP) is 2.92. The Labute approximate surface area is 226 Å². The molecule has 0 radical (unpaired) electrons. The predicted molar refractivity (Wildman–Crippen MR) is 123 cm³/mol. The summed E-state index contributed by atoms with van der Waals surface area (Å²) in [5.41, 5.74) is 7.14. The van der Waals surface area contributed by atoms with Crippen LogP contribution in [0.25, 0.3) is 16.4 Å². The molecule has 31 heavy (non-hydrogen) atoms. The number of benzene rings is 3. The van der Waals surface area contributed by atoms with Crippen molar-refractivity contribution < 1.29 is 61.1 Å². The zero-order valence-electron chi connectivity index (χ0n) is 18.8. The number of aryl methyl sites for hydroxylation is 1. The van der Waals surface area contributed by atoms with Crippen molar-refractivity contribution in [1.29, 1.82) is 0 Å². The first-order valence-electron chi connectivity index (χ1n) is 9.76. The summed E-state index contributed by atoms with van der Waals surface area (Å²) < 4.78 is 0. The molecular formula is C25H26KN3O2. The van der Waals surface area contributed by atoms with Gasteiger partial charge in [-0.25, -0.2) is 0 Å². The van der Waals surface area contributed by atoms with Crippen LogP contribution in [0.1, 0.15) is 29.2 Å². The van der Waals surface area contributed by atoms with Gasteiger partial charge in [0.25, 0.3) is 0 Å². The normalized spacial score (nSPS) is 11.5. The molecule has 0 aromatic heterocycles. The van der Waals surface area contributed by atoms with Crippen LogP contribution in [-0.4, -0.2) is 25.7 Å². The van der Waals surface area contributed by atoms with Crippen LogP contribution >= 0.6 is 0 Å². The molecule has 3 rings (SSSR count). The number of rotatable bonds is 7. The molecule has 0 heterocycles. The van der Waals surface area contributed by atoms with Crippen LogP contribution in [0.2, 0.25) is 0 Å². The zero-order chi connectivity index (χ0) is 21.3. The van der Waals surface area contributed by atoms with Gasteiger partial charge < -0.3 is 15.0 Å². The molecule has 0 fully saturated rings. The van der Waals surface area contributed by atoms with Crippen LogP contribution in [0.5, 0.6) is 0 Å². The van der Waals surface area contributed by atoms with E-state index in [2.05, 4.69) is 52.0 Å². The number of hydrogen-bond donors (Lipinski definition) is 0. The summed E-state index contributed by atoms with van der Waals surface area (Å²) in [6, 6.07) is 24.6. The van der Waals surface area contributed by atoms with Crippen molar-refractivity contribution in [1.82, 2.24) is 0 Å². The third kappa shape index (κ3) is 6.76. The third-order valence-corrected chi connectivity index (χ3v) is 4.86. The van der Waals surface area contributed by atoms with Gasteiger partial charge in [0.2, 0.25) is 0 Å². The zero-order valence-corrected chi connectivity index (χ0v) is 21.9. The summed E-state index contributed by atoms with van der Waals surface area (Å²) in [5, 5.41) is 12.5. The molecule has 0 aliphatic carbocycles. The number of nitrogens with zero attached hydrogens (tertiary/aromatic N) is 3. The molecule has 5 nitrogen and oxygen atoms in total. The van der Waals surface area contributed by atoms with E-state index in [1.165, 1.54) is 18.2 Å². The maximum atomic E-state index is 5.70. The average molecular weight is 440 g/mol. The quantitative estimate of drug-likeness (QED) is 0.246. The van der Waals surface area contributed by atoms with Crippen LogP contribution in [-0.2, 0) is 16.3 Å². The molecule has 0 N–H and O–H groups in total. The van der Waals surface area contributed by atoms with E-state index in [9.17, 15) is 0 Å². The van der Waals surface area contributed by atoms with Gasteiger partial charge in [-0.1, -0.05) is 85.0 Å². The molecule has 6 heteroatoms. The molecular weight excluding hydrogens is 413 g/mol. The van der Waals surface area contributed by atoms with Gasteiger partial charge in [-0.2, -0.15) is 0 Å². The summed E-state index contributed by atoms with van der Waals surface area (Å²) in [4.78, 5) is 10.6. The summed E-state index contributed by atoms with van der Waals surface area (Å²) in [7, 11) is 3.19. The SMILES string of the molecule is C[N-]/C(=N/OC)c1cccc(C)c1CO/N=C(\C)c1ccc(-c2ccccc2)cc1.[K+]. The van der Waals surface area contributed by atoms with Crippen molar-refractivity contribution in [2.75, 3.05) is 14.2 Å². The summed E-state index contributed by atoms with van der Waals surface area (Å²) in [5.74, 6) is 0.525. The average Bonchev–Trinajstić information content (AvgIpc) is 2.79. The molecule has 0 amide bonds. The van der Waals surface area contributed by atoms with Gasteiger partial charge in [-0.15, -0.1) is 0 Å². The second-order valence-electron chi connectivity index (χ2n) is 6.82. The first kappa shape index (κ1) is 25.3. The van der Waals surface area contributed by atoms with Crippen LogP contribution in [0.3, 0.4) is 0 Å². The Morgan fingerprint density at radius 3 is 2.19 bits per heavy atom. The topological polar surface area (TPSA) is 57.3 Å². The van der Waals surface area contributed by atoms with E-state index in [1.807, 2.05) is 50.2 Å². The van der Waals surface area contributed by atoms with E-state index in [0.717, 1.165) is 28.0 Å². The van der Waals surface area contributed by atoms with Crippen molar-refractivity contribution in [3.8, 4) is 11.1 Å². The fourth-order valence-electron chi connectivity index (χ4n) is 3.18. The summed E-state index contributed by atoms with van der Waals surface area (Å²) >= 11 is 0. The second-order valence-corrected chi connectivity index (χ2v) is 6.82. The minimum Gasteiger partial charge on any atom is -0.497 e. The first-order chi connectivity index (χ1) is 14.6. The number of hydrogen-bond acceptors (Lipinski definition) is 4. The minimum absolute atomic E-state index is 0. The molecule has 0 bridgehead atoms.